The summed E-state index contributed by atoms with van der Waals surface area (Å²) in [6.07, 6.45) is 2.85. The molecule has 1 rings (SSSR count). The molecule has 1 aromatic carbocycles. The summed E-state index contributed by atoms with van der Waals surface area (Å²) in [6.45, 7) is 8.13. The quantitative estimate of drug-likeness (QED) is 0.522. The van der Waals surface area contributed by atoms with E-state index in [0.717, 1.165) is 12.8 Å². The highest BCUT2D eigenvalue weighted by Crippen LogP contribution is 2.28. The topological polar surface area (TPSA) is 64.6 Å². The molecule has 1 amide bonds. The number of ketones is 1. The average molecular weight is 335 g/mol. The van der Waals surface area contributed by atoms with Crippen molar-refractivity contribution in [3.05, 3.63) is 23.8 Å². The third-order valence-corrected chi connectivity index (χ3v) is 4.38. The van der Waals surface area contributed by atoms with Crippen molar-refractivity contribution in [1.29, 1.82) is 0 Å². The molecule has 24 heavy (non-hydrogen) atoms. The maximum absolute atomic E-state index is 12.0. The summed E-state index contributed by atoms with van der Waals surface area (Å²) in [5.74, 6) is 1.13. The molecule has 0 saturated heterocycles. The molecule has 1 aromatic rings. The van der Waals surface area contributed by atoms with Gasteiger partial charge in [0.05, 0.1) is 13.7 Å². The number of methoxy groups -OCH3 is 1. The summed E-state index contributed by atoms with van der Waals surface area (Å²) in [5.41, 5.74) is 0.445. The van der Waals surface area contributed by atoms with Gasteiger partial charge in [-0.15, -0.1) is 0 Å². The number of carbonyl (C=O) groups excluding carboxylic acids is 2. The molecule has 0 saturated carbocycles. The van der Waals surface area contributed by atoms with Crippen LogP contribution in [0, 0.1) is 0 Å². The summed E-state index contributed by atoms with van der Waals surface area (Å²) >= 11 is 0. The minimum atomic E-state index is -0.135. The Bertz CT molecular complexity index is 564. The zero-order valence-electron chi connectivity index (χ0n) is 15.4. The van der Waals surface area contributed by atoms with Crippen molar-refractivity contribution in [2.75, 3.05) is 13.7 Å². The number of nitrogens with one attached hydrogen (secondary N) is 1. The molecule has 0 aliphatic carbocycles. The molecular weight excluding hydrogens is 306 g/mol. The largest absolute Gasteiger partial charge is 0.493 e. The molecule has 134 valence electrons. The van der Waals surface area contributed by atoms with Gasteiger partial charge in [-0.2, -0.15) is 0 Å². The van der Waals surface area contributed by atoms with E-state index in [2.05, 4.69) is 26.1 Å². The van der Waals surface area contributed by atoms with Crippen LogP contribution in [-0.4, -0.2) is 30.9 Å². The monoisotopic (exact) mass is 335 g/mol. The van der Waals surface area contributed by atoms with E-state index >= 15 is 0 Å². The third-order valence-electron chi connectivity index (χ3n) is 4.38. The van der Waals surface area contributed by atoms with Gasteiger partial charge in [0.1, 0.15) is 0 Å². The van der Waals surface area contributed by atoms with Crippen LogP contribution in [-0.2, 0) is 4.79 Å². The normalized spacial score (nSPS) is 11.0. The van der Waals surface area contributed by atoms with Crippen molar-refractivity contribution < 1.29 is 19.1 Å². The van der Waals surface area contributed by atoms with Crippen molar-refractivity contribution in [1.82, 2.24) is 5.32 Å². The highest BCUT2D eigenvalue weighted by molar-refractivity contribution is 5.94. The van der Waals surface area contributed by atoms with E-state index in [9.17, 15) is 9.59 Å². The van der Waals surface area contributed by atoms with Crippen LogP contribution in [0.5, 0.6) is 11.5 Å². The predicted octanol–water partition coefficient (Wildman–Crippen LogP) is 3.75. The minimum absolute atomic E-state index is 0.0218. The number of carbonyl (C=O) groups is 2. The van der Waals surface area contributed by atoms with Crippen LogP contribution >= 0.6 is 0 Å². The Kier molecular flexibility index (Phi) is 7.75. The van der Waals surface area contributed by atoms with Gasteiger partial charge in [0.15, 0.2) is 17.3 Å². The lowest BCUT2D eigenvalue weighted by Crippen LogP contribution is -2.44. The SMILES string of the molecule is CCC(C)(CC)NC(=O)CCCOc1ccc(C(C)=O)cc1OC. The molecule has 0 atom stereocenters. The van der Waals surface area contributed by atoms with Gasteiger partial charge >= 0.3 is 0 Å². The molecule has 0 bridgehead atoms. The zero-order chi connectivity index (χ0) is 18.2. The Hall–Kier alpha value is -2.04. The summed E-state index contributed by atoms with van der Waals surface area (Å²) < 4.78 is 10.9. The highest BCUT2D eigenvalue weighted by Gasteiger charge is 2.21. The van der Waals surface area contributed by atoms with Gasteiger partial charge in [0.25, 0.3) is 0 Å². The number of rotatable bonds is 10. The minimum Gasteiger partial charge on any atom is -0.493 e. The summed E-state index contributed by atoms with van der Waals surface area (Å²) in [5, 5.41) is 3.08. The van der Waals surface area contributed by atoms with E-state index in [0.29, 0.717) is 36.5 Å². The third kappa shape index (κ3) is 5.87. The van der Waals surface area contributed by atoms with E-state index in [1.165, 1.54) is 14.0 Å². The lowest BCUT2D eigenvalue weighted by Gasteiger charge is -2.28. The Morgan fingerprint density at radius 2 is 1.83 bits per heavy atom. The second-order valence-corrected chi connectivity index (χ2v) is 6.19. The Morgan fingerprint density at radius 1 is 1.17 bits per heavy atom. The molecule has 5 heteroatoms. The van der Waals surface area contributed by atoms with Gasteiger partial charge in [0.2, 0.25) is 5.91 Å². The van der Waals surface area contributed by atoms with Crippen LogP contribution in [0.2, 0.25) is 0 Å². The predicted molar refractivity (Wildman–Crippen MR) is 94.9 cm³/mol. The van der Waals surface area contributed by atoms with E-state index in [1.807, 2.05) is 0 Å². The molecule has 5 nitrogen and oxygen atoms in total. The lowest BCUT2D eigenvalue weighted by molar-refractivity contribution is -0.123. The van der Waals surface area contributed by atoms with Crippen molar-refractivity contribution in [3.8, 4) is 11.5 Å². The van der Waals surface area contributed by atoms with Crippen LogP contribution in [0.25, 0.3) is 0 Å². The number of hydrogen-bond donors (Lipinski definition) is 1. The van der Waals surface area contributed by atoms with Gasteiger partial charge in [-0.1, -0.05) is 13.8 Å². The molecule has 0 fully saturated rings. The standard InChI is InChI=1S/C19H29NO4/c1-6-19(4,7-2)20-18(22)9-8-12-24-16-11-10-15(14(3)21)13-17(16)23-5/h10-11,13H,6-9,12H2,1-5H3,(H,20,22). The Balaban J connectivity index is 2.48. The van der Waals surface area contributed by atoms with Crippen LogP contribution < -0.4 is 14.8 Å². The van der Waals surface area contributed by atoms with Crippen LogP contribution in [0.1, 0.15) is 63.7 Å². The molecule has 0 aliphatic rings. The number of amides is 1. The molecule has 0 unspecified atom stereocenters. The number of ether oxygens (including phenoxy) is 2. The first-order valence-corrected chi connectivity index (χ1v) is 8.48. The average Bonchev–Trinajstić information content (AvgIpc) is 2.58. The molecule has 0 aliphatic heterocycles. The Labute approximate surface area is 144 Å². The first kappa shape index (κ1) is 20.0. The number of benzene rings is 1. The fourth-order valence-corrected chi connectivity index (χ4v) is 2.25. The molecule has 0 aromatic heterocycles. The van der Waals surface area contributed by atoms with Gasteiger partial charge in [-0.3, -0.25) is 9.59 Å². The molecule has 0 spiro atoms. The summed E-state index contributed by atoms with van der Waals surface area (Å²) in [4.78, 5) is 23.4. The van der Waals surface area contributed by atoms with Gasteiger partial charge < -0.3 is 14.8 Å². The maximum atomic E-state index is 12.0. The fourth-order valence-electron chi connectivity index (χ4n) is 2.25. The van der Waals surface area contributed by atoms with Gasteiger partial charge in [-0.05, 0) is 51.3 Å². The highest BCUT2D eigenvalue weighted by atomic mass is 16.5. The van der Waals surface area contributed by atoms with E-state index in [-0.39, 0.29) is 17.2 Å². The number of hydrogen-bond acceptors (Lipinski definition) is 4. The second-order valence-electron chi connectivity index (χ2n) is 6.19. The lowest BCUT2D eigenvalue weighted by atomic mass is 9.95. The second kappa shape index (κ2) is 9.30. The first-order valence-electron chi connectivity index (χ1n) is 8.48. The van der Waals surface area contributed by atoms with E-state index < -0.39 is 0 Å². The van der Waals surface area contributed by atoms with Crippen LogP contribution in [0.15, 0.2) is 18.2 Å². The van der Waals surface area contributed by atoms with Gasteiger partial charge in [-0.25, -0.2) is 0 Å². The molecular formula is C19H29NO4. The maximum Gasteiger partial charge on any atom is 0.220 e. The molecule has 1 N–H and O–H groups in total. The van der Waals surface area contributed by atoms with Gasteiger partial charge in [0, 0.05) is 17.5 Å². The van der Waals surface area contributed by atoms with Crippen molar-refractivity contribution in [2.45, 2.75) is 58.9 Å². The summed E-state index contributed by atoms with van der Waals surface area (Å²) in [7, 11) is 1.54. The number of Topliss-reactive ketones (excluding diaryl/α,β-unsaturated/α-hetero) is 1. The Morgan fingerprint density at radius 3 is 2.38 bits per heavy atom. The van der Waals surface area contributed by atoms with Crippen molar-refractivity contribution in [2.24, 2.45) is 0 Å². The van der Waals surface area contributed by atoms with E-state index in [1.54, 1.807) is 18.2 Å². The van der Waals surface area contributed by atoms with Crippen LogP contribution in [0.3, 0.4) is 0 Å². The molecule has 0 radical (unpaired) electrons. The van der Waals surface area contributed by atoms with Crippen molar-refractivity contribution in [3.63, 3.8) is 0 Å². The molecule has 0 heterocycles. The van der Waals surface area contributed by atoms with Crippen molar-refractivity contribution >= 4 is 11.7 Å². The zero-order valence-corrected chi connectivity index (χ0v) is 15.4. The summed E-state index contributed by atoms with van der Waals surface area (Å²) in [6, 6.07) is 5.10. The fraction of sp³-hybridized carbons (Fsp3) is 0.579. The van der Waals surface area contributed by atoms with Crippen LogP contribution in [0.4, 0.5) is 0 Å². The smallest absolute Gasteiger partial charge is 0.220 e. The first-order chi connectivity index (χ1) is 11.3. The van der Waals surface area contributed by atoms with E-state index in [4.69, 9.17) is 9.47 Å².